The van der Waals surface area contributed by atoms with Gasteiger partial charge in [-0.25, -0.2) is 0 Å². The smallest absolute Gasteiger partial charge is 0.170 e. The van der Waals surface area contributed by atoms with Crippen LogP contribution in [-0.2, 0) is 5.41 Å². The van der Waals surface area contributed by atoms with Crippen LogP contribution < -0.4 is 11.5 Å². The third-order valence-electron chi connectivity index (χ3n) is 3.61. The summed E-state index contributed by atoms with van der Waals surface area (Å²) in [6, 6.07) is 9.60. The Morgan fingerprint density at radius 3 is 1.82 bits per heavy atom. The maximum Gasteiger partial charge on any atom is 0.170 e. The highest BCUT2D eigenvalue weighted by atomic mass is 16.4. The van der Waals surface area contributed by atoms with E-state index in [0.29, 0.717) is 11.1 Å². The molecular formula is C16H20N4O2. The minimum atomic E-state index is -0.0941. The molecule has 22 heavy (non-hydrogen) atoms. The van der Waals surface area contributed by atoms with Crippen molar-refractivity contribution in [2.75, 3.05) is 0 Å². The van der Waals surface area contributed by atoms with Crippen molar-refractivity contribution in [3.63, 3.8) is 0 Å². The normalized spacial score (nSPS) is 13.6. The Labute approximate surface area is 128 Å². The Morgan fingerprint density at radius 1 is 0.864 bits per heavy atom. The maximum atomic E-state index is 8.94. The molecule has 2 rings (SSSR count). The zero-order valence-electron chi connectivity index (χ0n) is 12.8. The second-order valence-corrected chi connectivity index (χ2v) is 6.18. The van der Waals surface area contributed by atoms with E-state index in [0.717, 1.165) is 10.8 Å². The lowest BCUT2D eigenvalue weighted by Gasteiger charge is -2.20. The van der Waals surface area contributed by atoms with Gasteiger partial charge in [0.15, 0.2) is 11.7 Å². The van der Waals surface area contributed by atoms with Gasteiger partial charge in [0.1, 0.15) is 0 Å². The number of hydrogen-bond donors (Lipinski definition) is 4. The third-order valence-corrected chi connectivity index (χ3v) is 3.61. The second-order valence-electron chi connectivity index (χ2n) is 6.18. The standard InChI is InChI=1S/C16H20N4O2/c1-16(2,3)11-5-4-9-7-12(14(17)19-21)13(15(18)20-22)8-10(9)6-11/h4-8,21-22H,1-3H3,(H2,17,19)(H2,18,20). The average molecular weight is 300 g/mol. The lowest BCUT2D eigenvalue weighted by molar-refractivity contribution is 0.317. The van der Waals surface area contributed by atoms with Crippen LogP contribution in [0.4, 0.5) is 0 Å². The Morgan fingerprint density at radius 2 is 1.36 bits per heavy atom. The van der Waals surface area contributed by atoms with Crippen LogP contribution in [0.25, 0.3) is 10.8 Å². The molecule has 0 aliphatic heterocycles. The van der Waals surface area contributed by atoms with Gasteiger partial charge in [-0.05, 0) is 33.9 Å². The fourth-order valence-corrected chi connectivity index (χ4v) is 2.30. The summed E-state index contributed by atoms with van der Waals surface area (Å²) in [5.41, 5.74) is 13.4. The van der Waals surface area contributed by atoms with Crippen LogP contribution in [0.1, 0.15) is 37.5 Å². The number of amidine groups is 2. The Kier molecular flexibility index (Phi) is 3.95. The fraction of sp³-hybridized carbons (Fsp3) is 0.250. The quantitative estimate of drug-likeness (QED) is 0.294. The van der Waals surface area contributed by atoms with Crippen molar-refractivity contribution >= 4 is 22.4 Å². The van der Waals surface area contributed by atoms with Crippen molar-refractivity contribution in [3.8, 4) is 0 Å². The third kappa shape index (κ3) is 2.81. The molecule has 0 saturated carbocycles. The van der Waals surface area contributed by atoms with Crippen LogP contribution in [0, 0.1) is 0 Å². The molecule has 0 fully saturated rings. The first-order valence-corrected chi connectivity index (χ1v) is 6.82. The van der Waals surface area contributed by atoms with E-state index in [1.165, 1.54) is 5.56 Å². The van der Waals surface area contributed by atoms with Gasteiger partial charge in [-0.1, -0.05) is 49.3 Å². The molecule has 0 radical (unpaired) electrons. The summed E-state index contributed by atoms with van der Waals surface area (Å²) in [6.07, 6.45) is 0. The first-order chi connectivity index (χ1) is 10.3. The van der Waals surface area contributed by atoms with Crippen LogP contribution in [0.2, 0.25) is 0 Å². The van der Waals surface area contributed by atoms with Gasteiger partial charge >= 0.3 is 0 Å². The molecule has 6 nitrogen and oxygen atoms in total. The van der Waals surface area contributed by atoms with E-state index >= 15 is 0 Å². The van der Waals surface area contributed by atoms with Gasteiger partial charge in [0.2, 0.25) is 0 Å². The number of hydrogen-bond acceptors (Lipinski definition) is 4. The van der Waals surface area contributed by atoms with Crippen LogP contribution in [0.15, 0.2) is 40.6 Å². The van der Waals surface area contributed by atoms with E-state index in [2.05, 4.69) is 37.1 Å². The van der Waals surface area contributed by atoms with Gasteiger partial charge in [-0.2, -0.15) is 0 Å². The van der Waals surface area contributed by atoms with Crippen LogP contribution in [0.5, 0.6) is 0 Å². The molecule has 0 saturated heterocycles. The number of nitrogens with two attached hydrogens (primary N) is 2. The van der Waals surface area contributed by atoms with E-state index in [4.69, 9.17) is 21.9 Å². The first-order valence-electron chi connectivity index (χ1n) is 6.82. The summed E-state index contributed by atoms with van der Waals surface area (Å²) in [5.74, 6) is -0.187. The fourth-order valence-electron chi connectivity index (χ4n) is 2.30. The van der Waals surface area contributed by atoms with Gasteiger partial charge in [0.05, 0.1) is 0 Å². The van der Waals surface area contributed by atoms with E-state index in [-0.39, 0.29) is 17.1 Å². The van der Waals surface area contributed by atoms with Crippen molar-refractivity contribution in [2.24, 2.45) is 21.8 Å². The number of nitrogens with zero attached hydrogens (tertiary/aromatic N) is 2. The van der Waals surface area contributed by atoms with Gasteiger partial charge in [0.25, 0.3) is 0 Å². The van der Waals surface area contributed by atoms with Crippen molar-refractivity contribution in [2.45, 2.75) is 26.2 Å². The van der Waals surface area contributed by atoms with Crippen LogP contribution >= 0.6 is 0 Å². The van der Waals surface area contributed by atoms with Crippen LogP contribution in [-0.4, -0.2) is 22.1 Å². The molecular weight excluding hydrogens is 280 g/mol. The monoisotopic (exact) mass is 300 g/mol. The van der Waals surface area contributed by atoms with Gasteiger partial charge in [-0.3, -0.25) is 0 Å². The molecule has 0 heterocycles. The molecule has 0 bridgehead atoms. The number of benzene rings is 2. The maximum absolute atomic E-state index is 8.94. The first kappa shape index (κ1) is 15.6. The molecule has 0 amide bonds. The molecule has 6 heteroatoms. The molecule has 2 aromatic rings. The number of oxime groups is 2. The van der Waals surface area contributed by atoms with Gasteiger partial charge in [0, 0.05) is 11.1 Å². The topological polar surface area (TPSA) is 117 Å². The summed E-state index contributed by atoms with van der Waals surface area (Å²) < 4.78 is 0. The minimum Gasteiger partial charge on any atom is -0.409 e. The van der Waals surface area contributed by atoms with Crippen molar-refractivity contribution in [1.29, 1.82) is 0 Å². The van der Waals surface area contributed by atoms with E-state index in [1.807, 2.05) is 12.1 Å². The Hall–Kier alpha value is -2.76. The second kappa shape index (κ2) is 5.55. The summed E-state index contributed by atoms with van der Waals surface area (Å²) in [6.45, 7) is 6.39. The zero-order chi connectivity index (χ0) is 16.5. The molecule has 0 aliphatic rings. The van der Waals surface area contributed by atoms with Gasteiger partial charge < -0.3 is 21.9 Å². The molecule has 0 spiro atoms. The lowest BCUT2D eigenvalue weighted by atomic mass is 9.85. The largest absolute Gasteiger partial charge is 0.409 e. The molecule has 0 atom stereocenters. The summed E-state index contributed by atoms with van der Waals surface area (Å²) >= 11 is 0. The molecule has 0 unspecified atom stereocenters. The van der Waals surface area contributed by atoms with E-state index < -0.39 is 0 Å². The summed E-state index contributed by atoms with van der Waals surface area (Å²) in [4.78, 5) is 0. The van der Waals surface area contributed by atoms with Crippen molar-refractivity contribution in [3.05, 3.63) is 47.0 Å². The highest BCUT2D eigenvalue weighted by molar-refractivity contribution is 6.12. The van der Waals surface area contributed by atoms with E-state index in [9.17, 15) is 0 Å². The lowest BCUT2D eigenvalue weighted by Crippen LogP contribution is -2.22. The predicted octanol–water partition coefficient (Wildman–Crippen LogP) is 2.33. The molecule has 0 aliphatic carbocycles. The predicted molar refractivity (Wildman–Crippen MR) is 87.7 cm³/mol. The summed E-state index contributed by atoms with van der Waals surface area (Å²) in [5, 5.41) is 25.7. The van der Waals surface area contributed by atoms with Gasteiger partial charge in [-0.15, -0.1) is 0 Å². The molecule has 2 aromatic carbocycles. The molecule has 0 aromatic heterocycles. The Bertz CT molecular complexity index is 774. The molecule has 6 N–H and O–H groups in total. The number of rotatable bonds is 2. The zero-order valence-corrected chi connectivity index (χ0v) is 12.8. The highest BCUT2D eigenvalue weighted by Gasteiger charge is 2.16. The minimum absolute atomic E-state index is 0.00915. The van der Waals surface area contributed by atoms with Crippen LogP contribution in [0.3, 0.4) is 0 Å². The average Bonchev–Trinajstić information content (AvgIpc) is 2.50. The highest BCUT2D eigenvalue weighted by Crippen LogP contribution is 2.28. The van der Waals surface area contributed by atoms with Crippen molar-refractivity contribution in [1.82, 2.24) is 0 Å². The van der Waals surface area contributed by atoms with E-state index in [1.54, 1.807) is 12.1 Å². The van der Waals surface area contributed by atoms with Crippen molar-refractivity contribution < 1.29 is 10.4 Å². The number of fused-ring (bicyclic) bond motifs is 1. The molecule has 116 valence electrons. The summed E-state index contributed by atoms with van der Waals surface area (Å²) in [7, 11) is 0. The SMILES string of the molecule is CC(C)(C)c1ccc2cc(C(N)=NO)c(C(N)=NO)cc2c1. The Balaban J connectivity index is 2.78.